The summed E-state index contributed by atoms with van der Waals surface area (Å²) in [4.78, 5) is 25.4. The second-order valence-electron chi connectivity index (χ2n) is 5.13. The zero-order valence-corrected chi connectivity index (χ0v) is 12.8. The van der Waals surface area contributed by atoms with Gasteiger partial charge in [-0.2, -0.15) is 0 Å². The van der Waals surface area contributed by atoms with Gasteiger partial charge < -0.3 is 9.47 Å². The summed E-state index contributed by atoms with van der Waals surface area (Å²) >= 11 is 0. The average molecular weight is 309 g/mol. The summed E-state index contributed by atoms with van der Waals surface area (Å²) in [6.07, 6.45) is 0.840. The van der Waals surface area contributed by atoms with Crippen molar-refractivity contribution in [2.24, 2.45) is 0 Å². The lowest BCUT2D eigenvalue weighted by atomic mass is 10.2. The number of aryl methyl sites for hydroxylation is 1. The van der Waals surface area contributed by atoms with Crippen molar-refractivity contribution in [3.63, 3.8) is 0 Å². The first-order valence-corrected chi connectivity index (χ1v) is 7.07. The number of anilines is 1. The second kappa shape index (κ2) is 5.96. The van der Waals surface area contributed by atoms with Gasteiger partial charge in [0.05, 0.1) is 12.8 Å². The van der Waals surface area contributed by atoms with Crippen molar-refractivity contribution in [1.82, 2.24) is 0 Å². The highest BCUT2D eigenvalue weighted by Gasteiger charge is 2.37. The number of benzene rings is 2. The molecule has 0 radical (unpaired) electrons. The van der Waals surface area contributed by atoms with Crippen LogP contribution in [0.5, 0.6) is 5.75 Å². The third-order valence-corrected chi connectivity index (χ3v) is 3.50. The fourth-order valence-corrected chi connectivity index (χ4v) is 2.24. The second-order valence-corrected chi connectivity index (χ2v) is 5.13. The normalized spacial score (nSPS) is 15.9. The SMILES string of the molecule is COc1ccc(/C=C2/OC(=O)N(c3ccc(C)cc3)C2=O)cc1. The van der Waals surface area contributed by atoms with Crippen LogP contribution in [0.25, 0.3) is 6.08 Å². The number of carbonyl (C=O) groups excluding carboxylic acids is 2. The summed E-state index contributed by atoms with van der Waals surface area (Å²) < 4.78 is 10.2. The maximum Gasteiger partial charge on any atom is 0.427 e. The lowest BCUT2D eigenvalue weighted by molar-refractivity contribution is -0.114. The molecular weight excluding hydrogens is 294 g/mol. The van der Waals surface area contributed by atoms with Crippen molar-refractivity contribution in [2.45, 2.75) is 6.92 Å². The number of carbonyl (C=O) groups is 2. The van der Waals surface area contributed by atoms with E-state index in [4.69, 9.17) is 9.47 Å². The third-order valence-electron chi connectivity index (χ3n) is 3.50. The van der Waals surface area contributed by atoms with Crippen molar-refractivity contribution >= 4 is 23.8 Å². The van der Waals surface area contributed by atoms with E-state index in [9.17, 15) is 9.59 Å². The van der Waals surface area contributed by atoms with Crippen LogP contribution in [0.4, 0.5) is 10.5 Å². The van der Waals surface area contributed by atoms with Gasteiger partial charge in [0, 0.05) is 0 Å². The average Bonchev–Trinajstić information content (AvgIpc) is 2.83. The number of hydrogen-bond acceptors (Lipinski definition) is 4. The van der Waals surface area contributed by atoms with E-state index < -0.39 is 12.0 Å². The summed E-state index contributed by atoms with van der Waals surface area (Å²) in [5.41, 5.74) is 2.28. The van der Waals surface area contributed by atoms with E-state index in [-0.39, 0.29) is 5.76 Å². The van der Waals surface area contributed by atoms with E-state index in [0.29, 0.717) is 11.4 Å². The topological polar surface area (TPSA) is 55.8 Å². The van der Waals surface area contributed by atoms with E-state index in [1.54, 1.807) is 43.5 Å². The largest absolute Gasteiger partial charge is 0.497 e. The van der Waals surface area contributed by atoms with E-state index in [2.05, 4.69) is 0 Å². The first kappa shape index (κ1) is 14.8. The zero-order chi connectivity index (χ0) is 16.4. The van der Waals surface area contributed by atoms with Crippen molar-refractivity contribution in [3.8, 4) is 5.75 Å². The minimum atomic E-state index is -0.696. The first-order chi connectivity index (χ1) is 11.1. The molecule has 5 heteroatoms. The van der Waals surface area contributed by atoms with Crippen LogP contribution in [-0.2, 0) is 9.53 Å². The van der Waals surface area contributed by atoms with Gasteiger partial charge >= 0.3 is 12.0 Å². The maximum absolute atomic E-state index is 12.4. The van der Waals surface area contributed by atoms with Gasteiger partial charge in [-0.3, -0.25) is 4.79 Å². The molecule has 0 aliphatic carbocycles. The van der Waals surface area contributed by atoms with Crippen molar-refractivity contribution in [3.05, 3.63) is 65.4 Å². The minimum Gasteiger partial charge on any atom is -0.497 e. The van der Waals surface area contributed by atoms with Crippen LogP contribution in [0, 0.1) is 6.92 Å². The van der Waals surface area contributed by atoms with Crippen LogP contribution in [0.2, 0.25) is 0 Å². The summed E-state index contributed by atoms with van der Waals surface area (Å²) in [6.45, 7) is 1.93. The molecule has 116 valence electrons. The van der Waals surface area contributed by atoms with Crippen molar-refractivity contribution in [1.29, 1.82) is 0 Å². The number of amides is 2. The molecule has 1 fully saturated rings. The van der Waals surface area contributed by atoms with E-state index >= 15 is 0 Å². The molecular formula is C18H15NO4. The van der Waals surface area contributed by atoms with Crippen LogP contribution in [-0.4, -0.2) is 19.1 Å². The molecule has 3 rings (SSSR count). The lowest BCUT2D eigenvalue weighted by Gasteiger charge is -2.09. The van der Waals surface area contributed by atoms with E-state index in [1.807, 2.05) is 19.1 Å². The maximum atomic E-state index is 12.4. The number of rotatable bonds is 3. The molecule has 0 atom stereocenters. The molecule has 5 nitrogen and oxygen atoms in total. The summed E-state index contributed by atoms with van der Waals surface area (Å²) in [5, 5.41) is 0. The highest BCUT2D eigenvalue weighted by atomic mass is 16.6. The summed E-state index contributed by atoms with van der Waals surface area (Å²) in [6, 6.07) is 14.2. The van der Waals surface area contributed by atoms with Crippen molar-refractivity contribution in [2.75, 3.05) is 12.0 Å². The molecule has 0 saturated carbocycles. The van der Waals surface area contributed by atoms with Crippen LogP contribution in [0.15, 0.2) is 54.3 Å². The Labute approximate surface area is 133 Å². The molecule has 23 heavy (non-hydrogen) atoms. The molecule has 1 aliphatic heterocycles. The predicted octanol–water partition coefficient (Wildman–Crippen LogP) is 3.53. The molecule has 2 aromatic rings. The van der Waals surface area contributed by atoms with Gasteiger partial charge in [-0.05, 0) is 42.8 Å². The van der Waals surface area contributed by atoms with E-state index in [1.165, 1.54) is 6.08 Å². The molecule has 0 unspecified atom stereocenters. The molecule has 1 saturated heterocycles. The minimum absolute atomic E-state index is 0.000687. The Morgan fingerprint density at radius 3 is 2.26 bits per heavy atom. The van der Waals surface area contributed by atoms with Crippen LogP contribution in [0.3, 0.4) is 0 Å². The Morgan fingerprint density at radius 1 is 1.00 bits per heavy atom. The molecule has 2 aromatic carbocycles. The Balaban J connectivity index is 1.88. The number of hydrogen-bond donors (Lipinski definition) is 0. The first-order valence-electron chi connectivity index (χ1n) is 7.07. The highest BCUT2D eigenvalue weighted by Crippen LogP contribution is 2.26. The van der Waals surface area contributed by atoms with Gasteiger partial charge in [-0.1, -0.05) is 29.8 Å². The number of ether oxygens (including phenoxy) is 2. The van der Waals surface area contributed by atoms with Gasteiger partial charge in [-0.15, -0.1) is 0 Å². The van der Waals surface area contributed by atoms with Crippen molar-refractivity contribution < 1.29 is 19.1 Å². The molecule has 0 aromatic heterocycles. The monoisotopic (exact) mass is 309 g/mol. The highest BCUT2D eigenvalue weighted by molar-refractivity contribution is 6.24. The van der Waals surface area contributed by atoms with Crippen LogP contribution in [0.1, 0.15) is 11.1 Å². The Bertz CT molecular complexity index is 776. The van der Waals surface area contributed by atoms with Gasteiger partial charge in [-0.25, -0.2) is 9.69 Å². The predicted molar refractivity (Wildman–Crippen MR) is 86.1 cm³/mol. The molecule has 1 heterocycles. The number of methoxy groups -OCH3 is 1. The quantitative estimate of drug-likeness (QED) is 0.814. The van der Waals surface area contributed by atoms with Gasteiger partial charge in [0.15, 0.2) is 5.76 Å². The van der Waals surface area contributed by atoms with Crippen LogP contribution < -0.4 is 9.64 Å². The lowest BCUT2D eigenvalue weighted by Crippen LogP contribution is -2.28. The number of imide groups is 1. The fraction of sp³-hybridized carbons (Fsp3) is 0.111. The molecule has 0 N–H and O–H groups in total. The zero-order valence-electron chi connectivity index (χ0n) is 12.8. The van der Waals surface area contributed by atoms with Gasteiger partial charge in [0.1, 0.15) is 5.75 Å². The Kier molecular flexibility index (Phi) is 3.85. The number of nitrogens with zero attached hydrogens (tertiary/aromatic N) is 1. The van der Waals surface area contributed by atoms with Gasteiger partial charge in [0.2, 0.25) is 0 Å². The molecule has 0 bridgehead atoms. The number of cyclic esters (lactones) is 1. The van der Waals surface area contributed by atoms with Crippen LogP contribution >= 0.6 is 0 Å². The fourth-order valence-electron chi connectivity index (χ4n) is 2.24. The Hall–Kier alpha value is -3.08. The summed E-state index contributed by atoms with van der Waals surface area (Å²) in [7, 11) is 1.58. The summed E-state index contributed by atoms with van der Waals surface area (Å²) in [5.74, 6) is 0.235. The molecule has 0 spiro atoms. The standard InChI is InChI=1S/C18H15NO4/c1-12-3-7-14(8-4-12)19-17(20)16(23-18(19)21)11-13-5-9-15(22-2)10-6-13/h3-11H,1-2H3/b16-11+. The molecule has 1 aliphatic rings. The van der Waals surface area contributed by atoms with Gasteiger partial charge in [0.25, 0.3) is 0 Å². The third kappa shape index (κ3) is 2.94. The Morgan fingerprint density at radius 2 is 1.65 bits per heavy atom. The molecule has 2 amide bonds. The smallest absolute Gasteiger partial charge is 0.427 e. The van der Waals surface area contributed by atoms with E-state index in [0.717, 1.165) is 16.0 Å².